The van der Waals surface area contributed by atoms with E-state index in [1.165, 1.54) is 6.20 Å². The van der Waals surface area contributed by atoms with Gasteiger partial charge in [-0.05, 0) is 37.5 Å². The van der Waals surface area contributed by atoms with Crippen molar-refractivity contribution in [2.24, 2.45) is 0 Å². The van der Waals surface area contributed by atoms with Crippen molar-refractivity contribution in [1.29, 1.82) is 0 Å². The van der Waals surface area contributed by atoms with E-state index in [1.807, 2.05) is 18.2 Å². The van der Waals surface area contributed by atoms with Gasteiger partial charge >= 0.3 is 0 Å². The van der Waals surface area contributed by atoms with Crippen molar-refractivity contribution in [1.82, 2.24) is 20.1 Å². The van der Waals surface area contributed by atoms with Crippen LogP contribution in [0.5, 0.6) is 0 Å². The fourth-order valence-corrected chi connectivity index (χ4v) is 3.39. The van der Waals surface area contributed by atoms with Gasteiger partial charge in [-0.1, -0.05) is 12.1 Å². The van der Waals surface area contributed by atoms with Gasteiger partial charge in [0.2, 0.25) is 5.91 Å². The van der Waals surface area contributed by atoms with E-state index in [9.17, 15) is 9.59 Å². The number of fused-ring (bicyclic) bond motifs is 1. The molecule has 0 spiro atoms. The predicted molar refractivity (Wildman–Crippen MR) is 97.6 cm³/mol. The highest BCUT2D eigenvalue weighted by Crippen LogP contribution is 2.24. The Balaban J connectivity index is 1.57. The Morgan fingerprint density at radius 1 is 1.15 bits per heavy atom. The number of carbonyl (C=O) groups is 2. The van der Waals surface area contributed by atoms with E-state index >= 15 is 0 Å². The molecule has 0 radical (unpaired) electrons. The molecular weight excluding hydrogens is 330 g/mol. The van der Waals surface area contributed by atoms with Crippen LogP contribution in [0.1, 0.15) is 29.6 Å². The molecule has 1 aromatic carbocycles. The quantitative estimate of drug-likeness (QED) is 0.760. The minimum Gasteiger partial charge on any atom is -0.327 e. The predicted octanol–water partition coefficient (Wildman–Crippen LogP) is 2.59. The van der Waals surface area contributed by atoms with Crippen LogP contribution in [-0.4, -0.2) is 44.5 Å². The first-order valence-corrected chi connectivity index (χ1v) is 8.68. The van der Waals surface area contributed by atoms with Gasteiger partial charge in [-0.15, -0.1) is 0 Å². The van der Waals surface area contributed by atoms with Gasteiger partial charge in [0.15, 0.2) is 0 Å². The highest BCUT2D eigenvalue weighted by Gasteiger charge is 2.33. The molecule has 7 heteroatoms. The monoisotopic (exact) mass is 349 g/mol. The molecule has 3 heterocycles. The highest BCUT2D eigenvalue weighted by atomic mass is 16.2. The van der Waals surface area contributed by atoms with Crippen LogP contribution >= 0.6 is 0 Å². The summed E-state index contributed by atoms with van der Waals surface area (Å²) < 4.78 is 0. The van der Waals surface area contributed by atoms with Gasteiger partial charge in [0, 0.05) is 24.3 Å². The molecule has 132 valence electrons. The second-order valence-corrected chi connectivity index (χ2v) is 6.38. The molecule has 3 aromatic rings. The number of aromatic amines is 1. The second-order valence-electron chi connectivity index (χ2n) is 6.38. The van der Waals surface area contributed by atoms with Gasteiger partial charge in [0.25, 0.3) is 5.91 Å². The molecule has 7 nitrogen and oxygen atoms in total. The average Bonchev–Trinajstić information content (AvgIpc) is 3.18. The number of pyridine rings is 1. The number of anilines is 1. The molecular formula is C19H19N5O2. The van der Waals surface area contributed by atoms with Crippen molar-refractivity contribution in [2.45, 2.75) is 25.3 Å². The summed E-state index contributed by atoms with van der Waals surface area (Å²) in [6, 6.07) is 8.58. The Morgan fingerprint density at radius 3 is 2.92 bits per heavy atom. The number of piperidine rings is 1. The molecule has 26 heavy (non-hydrogen) atoms. The van der Waals surface area contributed by atoms with Crippen molar-refractivity contribution in [3.63, 3.8) is 0 Å². The summed E-state index contributed by atoms with van der Waals surface area (Å²) in [5.41, 5.74) is 1.95. The first kappa shape index (κ1) is 16.3. The first-order chi connectivity index (χ1) is 12.7. The van der Waals surface area contributed by atoms with Gasteiger partial charge < -0.3 is 10.2 Å². The zero-order valence-electron chi connectivity index (χ0n) is 14.2. The number of nitrogens with one attached hydrogen (secondary N) is 2. The molecule has 4 rings (SSSR count). The molecule has 1 saturated heterocycles. The van der Waals surface area contributed by atoms with Crippen molar-refractivity contribution >= 4 is 28.4 Å². The number of carbonyl (C=O) groups excluding carboxylic acids is 2. The molecule has 0 saturated carbocycles. The maximum absolute atomic E-state index is 12.9. The number of hydrogen-bond donors (Lipinski definition) is 2. The summed E-state index contributed by atoms with van der Waals surface area (Å²) in [5, 5.41) is 10.8. The first-order valence-electron chi connectivity index (χ1n) is 8.68. The third-order valence-electron chi connectivity index (χ3n) is 4.71. The molecule has 0 bridgehead atoms. The van der Waals surface area contributed by atoms with Crippen molar-refractivity contribution in [3.8, 4) is 0 Å². The lowest BCUT2D eigenvalue weighted by Crippen LogP contribution is -2.50. The number of rotatable bonds is 3. The van der Waals surface area contributed by atoms with E-state index in [4.69, 9.17) is 0 Å². The number of hydrogen-bond acceptors (Lipinski definition) is 4. The lowest BCUT2D eigenvalue weighted by Gasteiger charge is -2.34. The largest absolute Gasteiger partial charge is 0.327 e. The molecule has 0 aliphatic carbocycles. The summed E-state index contributed by atoms with van der Waals surface area (Å²) in [6.07, 6.45) is 7.34. The maximum Gasteiger partial charge on any atom is 0.256 e. The minimum atomic E-state index is -0.491. The number of H-pyrrole nitrogens is 1. The van der Waals surface area contributed by atoms with Crippen LogP contribution < -0.4 is 5.32 Å². The number of likely N-dealkylation sites (tertiary alicyclic amines) is 1. The molecule has 1 unspecified atom stereocenters. The summed E-state index contributed by atoms with van der Waals surface area (Å²) in [6.45, 7) is 0.570. The van der Waals surface area contributed by atoms with Crippen LogP contribution in [0.25, 0.3) is 10.9 Å². The summed E-state index contributed by atoms with van der Waals surface area (Å²) in [7, 11) is 0. The second kappa shape index (κ2) is 6.95. The Bertz CT molecular complexity index is 937. The lowest BCUT2D eigenvalue weighted by molar-refractivity contribution is -0.121. The Hall–Kier alpha value is -3.22. The minimum absolute atomic E-state index is 0.155. The number of nitrogens with zero attached hydrogens (tertiary/aromatic N) is 3. The Morgan fingerprint density at radius 2 is 2.08 bits per heavy atom. The summed E-state index contributed by atoms with van der Waals surface area (Å²) in [5.74, 6) is -0.332. The summed E-state index contributed by atoms with van der Waals surface area (Å²) in [4.78, 5) is 31.4. The topological polar surface area (TPSA) is 91.0 Å². The number of para-hydroxylation sites is 1. The molecule has 2 N–H and O–H groups in total. The van der Waals surface area contributed by atoms with Gasteiger partial charge in [-0.3, -0.25) is 19.7 Å². The zero-order chi connectivity index (χ0) is 17.9. The highest BCUT2D eigenvalue weighted by molar-refractivity contribution is 6.04. The van der Waals surface area contributed by atoms with E-state index in [0.29, 0.717) is 24.2 Å². The number of benzene rings is 1. The van der Waals surface area contributed by atoms with E-state index in [-0.39, 0.29) is 11.8 Å². The molecule has 2 aromatic heterocycles. The lowest BCUT2D eigenvalue weighted by atomic mass is 10.00. The smallest absolute Gasteiger partial charge is 0.256 e. The van der Waals surface area contributed by atoms with E-state index in [2.05, 4.69) is 20.5 Å². The fourth-order valence-electron chi connectivity index (χ4n) is 3.39. The van der Waals surface area contributed by atoms with Gasteiger partial charge in [-0.2, -0.15) is 5.10 Å². The zero-order valence-corrected chi connectivity index (χ0v) is 14.2. The molecule has 1 aliphatic rings. The van der Waals surface area contributed by atoms with Crippen LogP contribution in [0, 0.1) is 0 Å². The van der Waals surface area contributed by atoms with Gasteiger partial charge in [0.1, 0.15) is 6.04 Å². The van der Waals surface area contributed by atoms with E-state index in [1.54, 1.807) is 29.4 Å². The van der Waals surface area contributed by atoms with E-state index < -0.39 is 6.04 Å². The van der Waals surface area contributed by atoms with Crippen LogP contribution in [0.15, 0.2) is 48.9 Å². The Labute approximate surface area is 150 Å². The number of aromatic nitrogens is 3. The van der Waals surface area contributed by atoms with Crippen LogP contribution in [0.3, 0.4) is 0 Å². The standard InChI is InChI=1S/C19H19N5O2/c25-18(22-15-7-3-5-13-12-21-23-17(13)15)16-8-1-2-10-24(16)19(26)14-6-4-9-20-11-14/h3-7,9,11-12,16H,1-2,8,10H2,(H,21,23)(H,22,25). The molecule has 1 fully saturated rings. The third kappa shape index (κ3) is 3.03. The SMILES string of the molecule is O=C(Nc1cccc2cn[nH]c12)C1CCCCN1C(=O)c1cccnc1. The maximum atomic E-state index is 12.9. The van der Waals surface area contributed by atoms with Gasteiger partial charge in [-0.25, -0.2) is 0 Å². The third-order valence-corrected chi connectivity index (χ3v) is 4.71. The Kier molecular flexibility index (Phi) is 4.35. The van der Waals surface area contributed by atoms with E-state index in [0.717, 1.165) is 23.7 Å². The molecule has 1 aliphatic heterocycles. The van der Waals surface area contributed by atoms with Crippen LogP contribution in [0.4, 0.5) is 5.69 Å². The fraction of sp³-hybridized carbons (Fsp3) is 0.263. The van der Waals surface area contributed by atoms with Crippen molar-refractivity contribution in [2.75, 3.05) is 11.9 Å². The van der Waals surface area contributed by atoms with Crippen LogP contribution in [0.2, 0.25) is 0 Å². The van der Waals surface area contributed by atoms with Gasteiger partial charge in [0.05, 0.1) is 23.0 Å². The molecule has 2 amide bonds. The normalized spacial score (nSPS) is 17.2. The van der Waals surface area contributed by atoms with Crippen LogP contribution in [-0.2, 0) is 4.79 Å². The average molecular weight is 349 g/mol. The summed E-state index contributed by atoms with van der Waals surface area (Å²) >= 11 is 0. The number of amides is 2. The van der Waals surface area contributed by atoms with Crippen molar-refractivity contribution < 1.29 is 9.59 Å². The molecule has 1 atom stereocenters. The van der Waals surface area contributed by atoms with Crippen molar-refractivity contribution in [3.05, 3.63) is 54.5 Å².